The summed E-state index contributed by atoms with van der Waals surface area (Å²) < 4.78 is 0. The summed E-state index contributed by atoms with van der Waals surface area (Å²) >= 11 is 1.35. The van der Waals surface area contributed by atoms with Gasteiger partial charge in [-0.3, -0.25) is 14.6 Å². The van der Waals surface area contributed by atoms with Crippen LogP contribution in [-0.4, -0.2) is 46.0 Å². The topological polar surface area (TPSA) is 124 Å². The van der Waals surface area contributed by atoms with Crippen molar-refractivity contribution in [3.63, 3.8) is 0 Å². The molecule has 1 spiro atoms. The van der Waals surface area contributed by atoms with Gasteiger partial charge in [-0.05, 0) is 65.7 Å². The molecule has 0 radical (unpaired) electrons. The van der Waals surface area contributed by atoms with Gasteiger partial charge in [-0.1, -0.05) is 18.2 Å². The van der Waals surface area contributed by atoms with Crippen LogP contribution in [0, 0.1) is 0 Å². The summed E-state index contributed by atoms with van der Waals surface area (Å²) in [6.07, 6.45) is 1.61. The van der Waals surface area contributed by atoms with Crippen molar-refractivity contribution in [2.75, 3.05) is 29.0 Å². The van der Waals surface area contributed by atoms with Crippen LogP contribution in [-0.2, 0) is 16.8 Å². The number of likely N-dealkylation sites (tertiary alicyclic amines) is 1. The molecule has 3 amide bonds. The maximum Gasteiger partial charge on any atom is 0.407 e. The van der Waals surface area contributed by atoms with E-state index in [2.05, 4.69) is 20.9 Å². The maximum atomic E-state index is 13.3. The van der Waals surface area contributed by atoms with Crippen molar-refractivity contribution in [3.05, 3.63) is 82.2 Å². The molecule has 0 aliphatic carbocycles. The molecule has 38 heavy (non-hydrogen) atoms. The first-order valence-electron chi connectivity index (χ1n) is 12.3. The van der Waals surface area contributed by atoms with E-state index in [-0.39, 0.29) is 24.9 Å². The van der Waals surface area contributed by atoms with Crippen molar-refractivity contribution in [3.8, 4) is 0 Å². The number of fused-ring (bicyclic) bond motifs is 3. The van der Waals surface area contributed by atoms with Crippen LogP contribution in [0.15, 0.2) is 66.2 Å². The lowest BCUT2D eigenvalue weighted by molar-refractivity contribution is -0.122. The van der Waals surface area contributed by atoms with Crippen LogP contribution in [0.4, 0.5) is 21.9 Å². The average molecular weight is 528 g/mol. The van der Waals surface area contributed by atoms with Crippen LogP contribution in [0.5, 0.6) is 0 Å². The molecule has 9 nitrogen and oxygen atoms in total. The predicted molar refractivity (Wildman–Crippen MR) is 147 cm³/mol. The van der Waals surface area contributed by atoms with Gasteiger partial charge >= 0.3 is 6.09 Å². The molecule has 4 N–H and O–H groups in total. The molecule has 0 unspecified atom stereocenters. The predicted octanol–water partition coefficient (Wildman–Crippen LogP) is 5.12. The van der Waals surface area contributed by atoms with Gasteiger partial charge in [-0.2, -0.15) is 0 Å². The van der Waals surface area contributed by atoms with Gasteiger partial charge in [0.1, 0.15) is 4.88 Å². The van der Waals surface area contributed by atoms with Crippen LogP contribution in [0.3, 0.4) is 0 Å². The van der Waals surface area contributed by atoms with Crippen molar-refractivity contribution in [1.82, 2.24) is 9.88 Å². The number of rotatable bonds is 5. The third-order valence-electron chi connectivity index (χ3n) is 7.44. The summed E-state index contributed by atoms with van der Waals surface area (Å²) in [5, 5.41) is 21.6. The highest BCUT2D eigenvalue weighted by molar-refractivity contribution is 7.12. The zero-order valence-corrected chi connectivity index (χ0v) is 21.2. The third-order valence-corrected chi connectivity index (χ3v) is 8.36. The molecular weight excluding hydrogens is 502 g/mol. The molecule has 2 aliphatic heterocycles. The molecule has 2 aromatic carbocycles. The van der Waals surface area contributed by atoms with Crippen molar-refractivity contribution >= 4 is 57.2 Å². The Morgan fingerprint density at radius 1 is 1.11 bits per heavy atom. The standard InChI is InChI=1S/C28H25N5O4S/c34-25(24-23(8-14-38-24)30-16-17-7-11-29-21-4-2-1-3-19(17)21)31-18-5-6-22-20(15-18)28(26(35)32-22)9-12-33(13-10-28)27(36)37/h1-8,11,14-15,30H,9-10,12-13,16H2,(H,31,34)(H,32,35)(H,36,37). The summed E-state index contributed by atoms with van der Waals surface area (Å²) in [6.45, 7) is 1.12. The monoisotopic (exact) mass is 527 g/mol. The van der Waals surface area contributed by atoms with E-state index in [0.717, 1.165) is 27.7 Å². The maximum absolute atomic E-state index is 13.3. The van der Waals surface area contributed by atoms with Crippen LogP contribution in [0.25, 0.3) is 10.9 Å². The fourth-order valence-electron chi connectivity index (χ4n) is 5.38. The Morgan fingerprint density at radius 2 is 1.92 bits per heavy atom. The Hall–Kier alpha value is -4.44. The summed E-state index contributed by atoms with van der Waals surface area (Å²) in [6, 6.07) is 17.2. The summed E-state index contributed by atoms with van der Waals surface area (Å²) in [7, 11) is 0. The molecule has 0 atom stereocenters. The van der Waals surface area contributed by atoms with E-state index in [1.165, 1.54) is 16.2 Å². The molecule has 0 bridgehead atoms. The Kier molecular flexibility index (Phi) is 5.96. The number of nitrogens with one attached hydrogen (secondary N) is 3. The number of hydrogen-bond acceptors (Lipinski definition) is 6. The smallest absolute Gasteiger partial charge is 0.407 e. The summed E-state index contributed by atoms with van der Waals surface area (Å²) in [5.41, 5.74) is 4.06. The number of pyridine rings is 1. The Labute approximate surface area is 222 Å². The van der Waals surface area contributed by atoms with Gasteiger partial charge in [-0.15, -0.1) is 11.3 Å². The van der Waals surface area contributed by atoms with E-state index >= 15 is 0 Å². The van der Waals surface area contributed by atoms with E-state index in [0.29, 0.717) is 35.6 Å². The normalized spacial score (nSPS) is 15.8. The number of piperidine rings is 1. The summed E-state index contributed by atoms with van der Waals surface area (Å²) in [4.78, 5) is 43.9. The van der Waals surface area contributed by atoms with Crippen LogP contribution in [0.2, 0.25) is 0 Å². The van der Waals surface area contributed by atoms with E-state index in [1.807, 2.05) is 47.8 Å². The highest BCUT2D eigenvalue weighted by Gasteiger charge is 2.49. The number of thiophene rings is 1. The number of hydrogen-bond donors (Lipinski definition) is 4. The van der Waals surface area contributed by atoms with E-state index in [9.17, 15) is 19.5 Å². The van der Waals surface area contributed by atoms with Gasteiger partial charge in [0.25, 0.3) is 5.91 Å². The number of carboxylic acid groups (broad SMARTS) is 1. The molecule has 2 aliphatic rings. The summed E-state index contributed by atoms with van der Waals surface area (Å²) in [5.74, 6) is -0.358. The molecule has 10 heteroatoms. The molecular formula is C28H25N5O4S. The zero-order chi connectivity index (χ0) is 26.3. The first kappa shape index (κ1) is 23.9. The molecule has 1 fully saturated rings. The number of anilines is 3. The van der Waals surface area contributed by atoms with Crippen molar-refractivity contribution in [2.45, 2.75) is 24.8 Å². The highest BCUT2D eigenvalue weighted by atomic mass is 32.1. The Morgan fingerprint density at radius 3 is 2.74 bits per heavy atom. The third kappa shape index (κ3) is 4.12. The second-order valence-corrected chi connectivity index (χ2v) is 10.4. The SMILES string of the molecule is O=C(Nc1ccc2c(c1)C1(CCN(C(=O)O)CC1)C(=O)N2)c1sccc1NCc1ccnc2ccccc12. The molecule has 0 saturated carbocycles. The molecule has 2 aromatic heterocycles. The minimum Gasteiger partial charge on any atom is -0.465 e. The van der Waals surface area contributed by atoms with Crippen molar-refractivity contribution in [1.29, 1.82) is 0 Å². The van der Waals surface area contributed by atoms with Crippen molar-refractivity contribution in [2.24, 2.45) is 0 Å². The zero-order valence-electron chi connectivity index (χ0n) is 20.4. The average Bonchev–Trinajstić information content (AvgIpc) is 3.50. The van der Waals surface area contributed by atoms with Crippen LogP contribution in [0.1, 0.15) is 33.6 Å². The lowest BCUT2D eigenvalue weighted by Gasteiger charge is -2.36. The van der Waals surface area contributed by atoms with Crippen molar-refractivity contribution < 1.29 is 19.5 Å². The molecule has 4 heterocycles. The molecule has 1 saturated heterocycles. The minimum atomic E-state index is -0.975. The van der Waals surface area contributed by atoms with Crippen LogP contribution >= 0.6 is 11.3 Å². The van der Waals surface area contributed by atoms with E-state index < -0.39 is 11.5 Å². The largest absolute Gasteiger partial charge is 0.465 e. The second-order valence-electron chi connectivity index (χ2n) is 9.52. The minimum absolute atomic E-state index is 0.116. The van der Waals surface area contributed by atoms with Gasteiger partial charge < -0.3 is 26.0 Å². The van der Waals surface area contributed by atoms with Gasteiger partial charge in [-0.25, -0.2) is 4.79 Å². The fraction of sp³-hybridized carbons (Fsp3) is 0.214. The van der Waals surface area contributed by atoms with E-state index in [1.54, 1.807) is 18.3 Å². The first-order chi connectivity index (χ1) is 18.4. The van der Waals surface area contributed by atoms with Gasteiger partial charge in [0.2, 0.25) is 5.91 Å². The Balaban J connectivity index is 1.19. The number of benzene rings is 2. The lowest BCUT2D eigenvalue weighted by atomic mass is 9.73. The first-order valence-corrected chi connectivity index (χ1v) is 13.2. The number of carbonyl (C=O) groups excluding carboxylic acids is 2. The molecule has 192 valence electrons. The molecule has 6 rings (SSSR count). The number of aromatic nitrogens is 1. The number of carbonyl (C=O) groups is 3. The van der Waals surface area contributed by atoms with Gasteiger partial charge in [0.15, 0.2) is 0 Å². The fourth-order valence-corrected chi connectivity index (χ4v) is 6.14. The quantitative estimate of drug-likeness (QED) is 0.286. The lowest BCUT2D eigenvalue weighted by Crippen LogP contribution is -2.47. The second kappa shape index (κ2) is 9.46. The number of nitrogens with zero attached hydrogens (tertiary/aromatic N) is 2. The van der Waals surface area contributed by atoms with Gasteiger partial charge in [0, 0.05) is 42.6 Å². The highest BCUT2D eigenvalue weighted by Crippen LogP contribution is 2.46. The van der Waals surface area contributed by atoms with Crippen LogP contribution < -0.4 is 16.0 Å². The Bertz CT molecular complexity index is 1570. The number of para-hydroxylation sites is 1. The number of amides is 3. The molecule has 4 aromatic rings. The van der Waals surface area contributed by atoms with Gasteiger partial charge in [0.05, 0.1) is 16.6 Å². The van der Waals surface area contributed by atoms with E-state index in [4.69, 9.17) is 0 Å².